The maximum Gasteiger partial charge on any atom is 0.0433 e. The second kappa shape index (κ2) is 3.91. The number of hydrogen-bond donors (Lipinski definition) is 1. The summed E-state index contributed by atoms with van der Waals surface area (Å²) in [7, 11) is 0. The molecule has 1 aliphatic carbocycles. The minimum absolute atomic E-state index is 0.308. The summed E-state index contributed by atoms with van der Waals surface area (Å²) in [5, 5.41) is 11.9. The van der Waals surface area contributed by atoms with E-state index in [0.29, 0.717) is 12.5 Å². The van der Waals surface area contributed by atoms with Crippen LogP contribution in [0, 0.1) is 5.92 Å². The van der Waals surface area contributed by atoms with E-state index in [9.17, 15) is 0 Å². The Bertz CT molecular complexity index is 475. The summed E-state index contributed by atoms with van der Waals surface area (Å²) in [5.74, 6) is 0.616. The zero-order valence-corrected chi connectivity index (χ0v) is 9.32. The molecule has 0 aromatic heterocycles. The molecule has 1 heteroatoms. The highest BCUT2D eigenvalue weighted by molar-refractivity contribution is 5.89. The van der Waals surface area contributed by atoms with Gasteiger partial charge in [0, 0.05) is 6.61 Å². The number of aliphatic hydroxyl groups excluding tert-OH is 1. The number of benzene rings is 2. The third kappa shape index (κ3) is 1.52. The van der Waals surface area contributed by atoms with Gasteiger partial charge in [0.05, 0.1) is 0 Å². The van der Waals surface area contributed by atoms with Gasteiger partial charge < -0.3 is 5.11 Å². The Balaban J connectivity index is 2.12. The van der Waals surface area contributed by atoms with Crippen molar-refractivity contribution in [1.29, 1.82) is 0 Å². The first-order valence-electron chi connectivity index (χ1n) is 5.99. The average molecular weight is 212 g/mol. The zero-order chi connectivity index (χ0) is 11.0. The molecule has 1 N–H and O–H groups in total. The Kier molecular flexibility index (Phi) is 2.41. The van der Waals surface area contributed by atoms with Gasteiger partial charge in [0.25, 0.3) is 0 Å². The SMILES string of the molecule is OCCC1Cc2cccc3cccc(c23)C1. The van der Waals surface area contributed by atoms with Gasteiger partial charge in [-0.05, 0) is 47.1 Å². The zero-order valence-electron chi connectivity index (χ0n) is 9.32. The third-order valence-electron chi connectivity index (χ3n) is 3.63. The van der Waals surface area contributed by atoms with Crippen LogP contribution in [0.4, 0.5) is 0 Å². The lowest BCUT2D eigenvalue weighted by Crippen LogP contribution is -2.15. The first kappa shape index (κ1) is 9.86. The standard InChI is InChI=1S/C15H16O/c16-8-7-11-9-13-5-1-3-12-4-2-6-14(10-11)15(12)13/h1-6,11,16H,7-10H2. The van der Waals surface area contributed by atoms with Crippen LogP contribution in [0.3, 0.4) is 0 Å². The fourth-order valence-electron chi connectivity index (χ4n) is 2.92. The largest absolute Gasteiger partial charge is 0.396 e. The van der Waals surface area contributed by atoms with Gasteiger partial charge in [-0.3, -0.25) is 0 Å². The van der Waals surface area contributed by atoms with Gasteiger partial charge in [0.2, 0.25) is 0 Å². The molecule has 16 heavy (non-hydrogen) atoms. The van der Waals surface area contributed by atoms with E-state index in [1.807, 2.05) is 0 Å². The Hall–Kier alpha value is -1.34. The Morgan fingerprint density at radius 2 is 1.62 bits per heavy atom. The summed E-state index contributed by atoms with van der Waals surface area (Å²) in [6.07, 6.45) is 3.16. The molecule has 0 bridgehead atoms. The van der Waals surface area contributed by atoms with Gasteiger partial charge in [-0.25, -0.2) is 0 Å². The fraction of sp³-hybridized carbons (Fsp3) is 0.333. The van der Waals surface area contributed by atoms with Crippen LogP contribution in [-0.2, 0) is 12.8 Å². The monoisotopic (exact) mass is 212 g/mol. The summed E-state index contributed by atoms with van der Waals surface area (Å²) in [4.78, 5) is 0. The van der Waals surface area contributed by atoms with Crippen molar-refractivity contribution in [2.24, 2.45) is 5.92 Å². The van der Waals surface area contributed by atoms with E-state index >= 15 is 0 Å². The van der Waals surface area contributed by atoms with Gasteiger partial charge in [-0.15, -0.1) is 0 Å². The molecule has 1 nitrogen and oxygen atoms in total. The molecule has 0 unspecified atom stereocenters. The number of hydrogen-bond acceptors (Lipinski definition) is 1. The Labute approximate surface area is 95.7 Å². The summed E-state index contributed by atoms with van der Waals surface area (Å²) in [5.41, 5.74) is 2.91. The molecule has 0 radical (unpaired) electrons. The highest BCUT2D eigenvalue weighted by Gasteiger charge is 2.19. The summed E-state index contributed by atoms with van der Waals surface area (Å²) in [6.45, 7) is 0.308. The quantitative estimate of drug-likeness (QED) is 0.811. The first-order chi connectivity index (χ1) is 7.88. The van der Waals surface area contributed by atoms with Crippen molar-refractivity contribution < 1.29 is 5.11 Å². The lowest BCUT2D eigenvalue weighted by molar-refractivity contribution is 0.255. The number of rotatable bonds is 2. The van der Waals surface area contributed by atoms with Crippen LogP contribution in [0.5, 0.6) is 0 Å². The molecule has 82 valence electrons. The fourth-order valence-corrected chi connectivity index (χ4v) is 2.92. The van der Waals surface area contributed by atoms with Crippen molar-refractivity contribution in [1.82, 2.24) is 0 Å². The Morgan fingerprint density at radius 3 is 2.19 bits per heavy atom. The molecule has 0 aliphatic heterocycles. The van der Waals surface area contributed by atoms with E-state index in [-0.39, 0.29) is 0 Å². The first-order valence-corrected chi connectivity index (χ1v) is 5.99. The van der Waals surface area contributed by atoms with Gasteiger partial charge in [-0.1, -0.05) is 36.4 Å². The molecule has 2 aromatic carbocycles. The minimum atomic E-state index is 0.308. The molecule has 1 aliphatic rings. The predicted octanol–water partition coefficient (Wildman–Crippen LogP) is 2.94. The van der Waals surface area contributed by atoms with Crippen molar-refractivity contribution in [3.8, 4) is 0 Å². The van der Waals surface area contributed by atoms with E-state index in [1.165, 1.54) is 21.9 Å². The van der Waals surface area contributed by atoms with Gasteiger partial charge in [-0.2, -0.15) is 0 Å². The van der Waals surface area contributed by atoms with Crippen LogP contribution in [0.15, 0.2) is 36.4 Å². The minimum Gasteiger partial charge on any atom is -0.396 e. The van der Waals surface area contributed by atoms with Crippen LogP contribution in [0.1, 0.15) is 17.5 Å². The predicted molar refractivity (Wildman–Crippen MR) is 66.5 cm³/mol. The molecule has 3 rings (SSSR count). The summed E-state index contributed by atoms with van der Waals surface area (Å²) < 4.78 is 0. The second-order valence-corrected chi connectivity index (χ2v) is 4.72. The van der Waals surface area contributed by atoms with Crippen LogP contribution < -0.4 is 0 Å². The highest BCUT2D eigenvalue weighted by atomic mass is 16.3. The molecular formula is C15H16O. The highest BCUT2D eigenvalue weighted by Crippen LogP contribution is 2.33. The van der Waals surface area contributed by atoms with Crippen LogP contribution in [0.2, 0.25) is 0 Å². The van der Waals surface area contributed by atoms with Gasteiger partial charge in [0.1, 0.15) is 0 Å². The molecule has 2 aromatic rings. The van der Waals surface area contributed by atoms with Crippen LogP contribution in [0.25, 0.3) is 10.8 Å². The molecule has 0 saturated heterocycles. The van der Waals surface area contributed by atoms with E-state index in [0.717, 1.165) is 19.3 Å². The van der Waals surface area contributed by atoms with Crippen molar-refractivity contribution in [2.75, 3.05) is 6.61 Å². The van der Waals surface area contributed by atoms with Crippen LogP contribution >= 0.6 is 0 Å². The molecule has 0 saturated carbocycles. The Morgan fingerprint density at radius 1 is 1.00 bits per heavy atom. The van der Waals surface area contributed by atoms with Crippen molar-refractivity contribution >= 4 is 10.8 Å². The third-order valence-corrected chi connectivity index (χ3v) is 3.63. The maximum atomic E-state index is 9.06. The van der Waals surface area contributed by atoms with E-state index in [2.05, 4.69) is 36.4 Å². The summed E-state index contributed by atoms with van der Waals surface area (Å²) in [6, 6.07) is 13.1. The average Bonchev–Trinajstić information content (AvgIpc) is 2.30. The molecule has 0 amide bonds. The normalized spacial score (nSPS) is 15.6. The molecule has 0 heterocycles. The smallest absolute Gasteiger partial charge is 0.0433 e. The molecular weight excluding hydrogens is 196 g/mol. The van der Waals surface area contributed by atoms with Crippen molar-refractivity contribution in [2.45, 2.75) is 19.3 Å². The second-order valence-electron chi connectivity index (χ2n) is 4.72. The van der Waals surface area contributed by atoms with E-state index < -0.39 is 0 Å². The summed E-state index contributed by atoms with van der Waals surface area (Å²) >= 11 is 0. The van der Waals surface area contributed by atoms with E-state index in [4.69, 9.17) is 5.11 Å². The molecule has 0 fully saturated rings. The van der Waals surface area contributed by atoms with Crippen molar-refractivity contribution in [3.05, 3.63) is 47.5 Å². The van der Waals surface area contributed by atoms with E-state index in [1.54, 1.807) is 0 Å². The maximum absolute atomic E-state index is 9.06. The van der Waals surface area contributed by atoms with Crippen molar-refractivity contribution in [3.63, 3.8) is 0 Å². The topological polar surface area (TPSA) is 20.2 Å². The molecule has 0 atom stereocenters. The van der Waals surface area contributed by atoms with Crippen LogP contribution in [-0.4, -0.2) is 11.7 Å². The molecule has 0 spiro atoms. The van der Waals surface area contributed by atoms with Gasteiger partial charge in [0.15, 0.2) is 0 Å². The number of aliphatic hydroxyl groups is 1. The lowest BCUT2D eigenvalue weighted by atomic mass is 9.81. The lowest BCUT2D eigenvalue weighted by Gasteiger charge is -2.24. The van der Waals surface area contributed by atoms with Gasteiger partial charge >= 0.3 is 0 Å².